The topological polar surface area (TPSA) is 47.8 Å². The molecule has 0 radical (unpaired) electrons. The third-order valence-electron chi connectivity index (χ3n) is 4.39. The highest BCUT2D eigenvalue weighted by Gasteiger charge is 2.24. The molecule has 0 bridgehead atoms. The van der Waals surface area contributed by atoms with E-state index in [9.17, 15) is 4.79 Å². The van der Waals surface area contributed by atoms with Crippen LogP contribution in [-0.4, -0.2) is 14.5 Å². The number of hydrogen-bond acceptors (Lipinski definition) is 3. The van der Waals surface area contributed by atoms with Gasteiger partial charge in [0.05, 0.1) is 5.69 Å². The Bertz CT molecular complexity index is 954. The molecule has 1 aliphatic rings. The molecule has 0 unspecified atom stereocenters. The van der Waals surface area contributed by atoms with Crippen LogP contribution in [0.1, 0.15) is 24.1 Å². The molecular formula is C19H19N3O. The lowest BCUT2D eigenvalue weighted by Crippen LogP contribution is -2.25. The smallest absolute Gasteiger partial charge is 0.276 e. The van der Waals surface area contributed by atoms with Crippen LogP contribution in [0, 0.1) is 19.8 Å². The number of benzene rings is 1. The summed E-state index contributed by atoms with van der Waals surface area (Å²) in [5.41, 5.74) is 4.33. The average molecular weight is 305 g/mol. The summed E-state index contributed by atoms with van der Waals surface area (Å²) >= 11 is 0. The van der Waals surface area contributed by atoms with Crippen molar-refractivity contribution in [2.45, 2.75) is 33.2 Å². The molecular weight excluding hydrogens is 286 g/mol. The molecule has 1 fully saturated rings. The number of fused-ring (bicyclic) bond motifs is 1. The van der Waals surface area contributed by atoms with E-state index in [-0.39, 0.29) is 5.69 Å². The Morgan fingerprint density at radius 2 is 1.96 bits per heavy atom. The molecule has 2 aromatic heterocycles. The first-order chi connectivity index (χ1) is 11.1. The highest BCUT2D eigenvalue weighted by atomic mass is 16.1. The van der Waals surface area contributed by atoms with Gasteiger partial charge in [-0.1, -0.05) is 23.8 Å². The van der Waals surface area contributed by atoms with Crippen molar-refractivity contribution in [3.63, 3.8) is 0 Å². The van der Waals surface area contributed by atoms with Crippen LogP contribution in [0.15, 0.2) is 41.2 Å². The molecule has 3 aromatic rings. The molecule has 0 spiro atoms. The Kier molecular flexibility index (Phi) is 3.26. The fourth-order valence-corrected chi connectivity index (χ4v) is 2.98. The Morgan fingerprint density at radius 3 is 2.70 bits per heavy atom. The molecule has 0 saturated heterocycles. The normalized spacial score (nSPS) is 14.3. The highest BCUT2D eigenvalue weighted by Crippen LogP contribution is 2.32. The fraction of sp³-hybridized carbons (Fsp3) is 0.316. The average Bonchev–Trinajstić information content (AvgIpc) is 3.34. The summed E-state index contributed by atoms with van der Waals surface area (Å²) in [4.78, 5) is 21.6. The number of aromatic nitrogens is 3. The van der Waals surface area contributed by atoms with Crippen LogP contribution in [0.4, 0.5) is 0 Å². The first-order valence-electron chi connectivity index (χ1n) is 8.07. The van der Waals surface area contributed by atoms with Crippen molar-refractivity contribution in [2.75, 3.05) is 0 Å². The van der Waals surface area contributed by atoms with Crippen LogP contribution in [0.5, 0.6) is 0 Å². The lowest BCUT2D eigenvalue weighted by Gasteiger charge is -2.12. The molecule has 1 aliphatic carbocycles. The lowest BCUT2D eigenvalue weighted by molar-refractivity contribution is 0.608. The van der Waals surface area contributed by atoms with E-state index in [4.69, 9.17) is 0 Å². The maximum absolute atomic E-state index is 12.6. The van der Waals surface area contributed by atoms with E-state index < -0.39 is 0 Å². The van der Waals surface area contributed by atoms with E-state index >= 15 is 0 Å². The summed E-state index contributed by atoms with van der Waals surface area (Å²) in [5.74, 6) is 0.602. The molecule has 4 nitrogen and oxygen atoms in total. The number of pyridine rings is 1. The van der Waals surface area contributed by atoms with Gasteiger partial charge in [0.25, 0.3) is 0 Å². The zero-order valence-electron chi connectivity index (χ0n) is 13.4. The SMILES string of the molecule is Cc1cccc(-c2nc(=O)n(CC3CC3)c3nc(C)ccc23)c1. The van der Waals surface area contributed by atoms with Crippen LogP contribution in [0.3, 0.4) is 0 Å². The largest absolute Gasteiger partial charge is 0.349 e. The van der Waals surface area contributed by atoms with Crippen molar-refractivity contribution < 1.29 is 0 Å². The van der Waals surface area contributed by atoms with Gasteiger partial charge < -0.3 is 0 Å². The molecule has 0 amide bonds. The molecule has 4 rings (SSSR count). The van der Waals surface area contributed by atoms with Crippen molar-refractivity contribution in [3.8, 4) is 11.3 Å². The van der Waals surface area contributed by atoms with Gasteiger partial charge in [0.15, 0.2) is 0 Å². The molecule has 4 heteroatoms. The Hall–Kier alpha value is -2.49. The third-order valence-corrected chi connectivity index (χ3v) is 4.39. The molecule has 2 heterocycles. The third kappa shape index (κ3) is 2.65. The minimum atomic E-state index is -0.195. The van der Waals surface area contributed by atoms with Crippen LogP contribution in [-0.2, 0) is 6.54 Å². The van der Waals surface area contributed by atoms with E-state index in [1.807, 2.05) is 44.2 Å². The zero-order valence-corrected chi connectivity index (χ0v) is 13.4. The highest BCUT2D eigenvalue weighted by molar-refractivity contribution is 5.90. The summed E-state index contributed by atoms with van der Waals surface area (Å²) in [6.45, 7) is 4.73. The van der Waals surface area contributed by atoms with Gasteiger partial charge in [-0.25, -0.2) is 9.78 Å². The van der Waals surface area contributed by atoms with Gasteiger partial charge >= 0.3 is 5.69 Å². The van der Waals surface area contributed by atoms with Gasteiger partial charge in [-0.3, -0.25) is 4.57 Å². The molecule has 0 N–H and O–H groups in total. The van der Waals surface area contributed by atoms with Crippen LogP contribution in [0.2, 0.25) is 0 Å². The standard InChI is InChI=1S/C19H19N3O/c1-12-4-3-5-15(10-12)17-16-9-6-13(2)20-18(16)22(19(23)21-17)11-14-7-8-14/h3-6,9-10,14H,7-8,11H2,1-2H3. The number of rotatable bonds is 3. The predicted octanol–water partition coefficient (Wildman–Crippen LogP) is 3.49. The summed E-state index contributed by atoms with van der Waals surface area (Å²) in [5, 5.41) is 0.946. The second kappa shape index (κ2) is 5.30. The second-order valence-electron chi connectivity index (χ2n) is 6.49. The molecule has 23 heavy (non-hydrogen) atoms. The Balaban J connectivity index is 2.00. The molecule has 0 aliphatic heterocycles. The van der Waals surface area contributed by atoms with E-state index in [0.29, 0.717) is 5.92 Å². The van der Waals surface area contributed by atoms with Gasteiger partial charge in [0.1, 0.15) is 5.65 Å². The predicted molar refractivity (Wildman–Crippen MR) is 91.4 cm³/mol. The molecule has 1 aromatic carbocycles. The number of hydrogen-bond donors (Lipinski definition) is 0. The Morgan fingerprint density at radius 1 is 1.13 bits per heavy atom. The molecule has 116 valence electrons. The molecule has 0 atom stereocenters. The van der Waals surface area contributed by atoms with Crippen molar-refractivity contribution in [3.05, 3.63) is 58.1 Å². The fourth-order valence-electron chi connectivity index (χ4n) is 2.98. The summed E-state index contributed by atoms with van der Waals surface area (Å²) in [6, 6.07) is 12.1. The van der Waals surface area contributed by atoms with Gasteiger partial charge in [0.2, 0.25) is 0 Å². The quantitative estimate of drug-likeness (QED) is 0.744. The maximum Gasteiger partial charge on any atom is 0.349 e. The lowest BCUT2D eigenvalue weighted by atomic mass is 10.1. The first-order valence-corrected chi connectivity index (χ1v) is 8.07. The van der Waals surface area contributed by atoms with Crippen molar-refractivity contribution in [1.82, 2.24) is 14.5 Å². The number of aryl methyl sites for hydroxylation is 2. The van der Waals surface area contributed by atoms with Crippen LogP contribution >= 0.6 is 0 Å². The number of nitrogens with zero attached hydrogens (tertiary/aromatic N) is 3. The van der Waals surface area contributed by atoms with Gasteiger partial charge in [-0.05, 0) is 50.8 Å². The van der Waals surface area contributed by atoms with Crippen LogP contribution < -0.4 is 5.69 Å². The van der Waals surface area contributed by atoms with Crippen molar-refractivity contribution in [2.24, 2.45) is 5.92 Å². The monoisotopic (exact) mass is 305 g/mol. The second-order valence-corrected chi connectivity index (χ2v) is 6.49. The van der Waals surface area contributed by atoms with Gasteiger partial charge in [-0.15, -0.1) is 0 Å². The van der Waals surface area contributed by atoms with E-state index in [0.717, 1.165) is 40.1 Å². The van der Waals surface area contributed by atoms with Gasteiger partial charge in [-0.2, -0.15) is 4.98 Å². The zero-order chi connectivity index (χ0) is 16.0. The van der Waals surface area contributed by atoms with Crippen molar-refractivity contribution in [1.29, 1.82) is 0 Å². The summed E-state index contributed by atoms with van der Waals surface area (Å²) < 4.78 is 1.75. The summed E-state index contributed by atoms with van der Waals surface area (Å²) in [7, 11) is 0. The van der Waals surface area contributed by atoms with Crippen LogP contribution in [0.25, 0.3) is 22.3 Å². The summed E-state index contributed by atoms with van der Waals surface area (Å²) in [6.07, 6.45) is 2.39. The Labute approximate surface area is 134 Å². The van der Waals surface area contributed by atoms with Crippen molar-refractivity contribution >= 4 is 11.0 Å². The molecule has 1 saturated carbocycles. The first kappa shape index (κ1) is 14.1. The van der Waals surface area contributed by atoms with E-state index in [2.05, 4.69) is 16.0 Å². The minimum Gasteiger partial charge on any atom is -0.276 e. The van der Waals surface area contributed by atoms with E-state index in [1.165, 1.54) is 12.8 Å². The van der Waals surface area contributed by atoms with Gasteiger partial charge in [0, 0.05) is 23.2 Å². The maximum atomic E-state index is 12.6. The van der Waals surface area contributed by atoms with E-state index in [1.54, 1.807) is 4.57 Å². The minimum absolute atomic E-state index is 0.195.